The molecule has 2 unspecified atom stereocenters. The predicted molar refractivity (Wildman–Crippen MR) is 81.4 cm³/mol. The highest BCUT2D eigenvalue weighted by atomic mass is 79.9. The minimum Gasteiger partial charge on any atom is -0.388 e. The molecule has 1 saturated heterocycles. The van der Waals surface area contributed by atoms with E-state index in [-0.39, 0.29) is 6.04 Å². The fourth-order valence-electron chi connectivity index (χ4n) is 3.55. The average Bonchev–Trinajstić information content (AvgIpc) is 2.69. The summed E-state index contributed by atoms with van der Waals surface area (Å²) < 4.78 is 1.14. The lowest BCUT2D eigenvalue weighted by molar-refractivity contribution is -0.0122. The zero-order valence-electron chi connectivity index (χ0n) is 11.3. The van der Waals surface area contributed by atoms with Crippen LogP contribution in [0, 0.1) is 0 Å². The summed E-state index contributed by atoms with van der Waals surface area (Å²) >= 11 is 3.53. The predicted octanol–water partition coefficient (Wildman–Crippen LogP) is 3.20. The van der Waals surface area contributed by atoms with Crippen molar-refractivity contribution >= 4 is 15.9 Å². The molecule has 1 aromatic rings. The number of nitrogens with one attached hydrogen (secondary N) is 1. The van der Waals surface area contributed by atoms with E-state index < -0.39 is 5.60 Å². The number of benzene rings is 1. The van der Waals surface area contributed by atoms with Crippen LogP contribution in [0.2, 0.25) is 0 Å². The second kappa shape index (κ2) is 5.55. The molecule has 2 nitrogen and oxygen atoms in total. The molecule has 0 bridgehead atoms. The van der Waals surface area contributed by atoms with E-state index in [4.69, 9.17) is 0 Å². The second-order valence-electron chi connectivity index (χ2n) is 6.05. The van der Waals surface area contributed by atoms with Gasteiger partial charge >= 0.3 is 0 Å². The minimum atomic E-state index is -0.550. The van der Waals surface area contributed by atoms with Crippen LogP contribution in [0.15, 0.2) is 22.7 Å². The third-order valence-electron chi connectivity index (χ3n) is 4.70. The zero-order valence-corrected chi connectivity index (χ0v) is 12.9. The van der Waals surface area contributed by atoms with E-state index in [0.717, 1.165) is 36.7 Å². The third kappa shape index (κ3) is 2.88. The van der Waals surface area contributed by atoms with Gasteiger partial charge in [0.2, 0.25) is 0 Å². The van der Waals surface area contributed by atoms with E-state index in [0.29, 0.717) is 0 Å². The smallest absolute Gasteiger partial charge is 0.0843 e. The van der Waals surface area contributed by atoms with Crippen LogP contribution in [0.3, 0.4) is 0 Å². The molecule has 0 spiro atoms. The Labute approximate surface area is 123 Å². The lowest BCUT2D eigenvalue weighted by Crippen LogP contribution is -2.53. The zero-order chi connectivity index (χ0) is 13.3. The van der Waals surface area contributed by atoms with Crippen molar-refractivity contribution in [2.45, 2.75) is 56.6 Å². The summed E-state index contributed by atoms with van der Waals surface area (Å²) in [6.07, 6.45) is 7.57. The van der Waals surface area contributed by atoms with Gasteiger partial charge in [0.15, 0.2) is 0 Å². The van der Waals surface area contributed by atoms with Crippen molar-refractivity contribution in [2.75, 3.05) is 6.54 Å². The van der Waals surface area contributed by atoms with Crippen LogP contribution in [-0.2, 0) is 12.8 Å². The van der Waals surface area contributed by atoms with Crippen LogP contribution in [0.4, 0.5) is 0 Å². The number of aryl methyl sites for hydroxylation is 1. The summed E-state index contributed by atoms with van der Waals surface area (Å²) in [7, 11) is 0. The van der Waals surface area contributed by atoms with Gasteiger partial charge in [-0.05, 0) is 55.5 Å². The normalized spacial score (nSPS) is 31.6. The molecule has 0 saturated carbocycles. The van der Waals surface area contributed by atoms with Crippen molar-refractivity contribution in [1.82, 2.24) is 5.32 Å². The Kier molecular flexibility index (Phi) is 3.97. The lowest BCUT2D eigenvalue weighted by atomic mass is 9.75. The summed E-state index contributed by atoms with van der Waals surface area (Å²) in [6.45, 7) is 1.06. The molecule has 2 atom stereocenters. The Hall–Kier alpha value is -0.380. The van der Waals surface area contributed by atoms with Crippen LogP contribution in [-0.4, -0.2) is 23.3 Å². The van der Waals surface area contributed by atoms with Gasteiger partial charge in [-0.25, -0.2) is 0 Å². The Bertz CT molecular complexity index is 454. The Balaban J connectivity index is 1.80. The second-order valence-corrected chi connectivity index (χ2v) is 6.97. The van der Waals surface area contributed by atoms with Crippen molar-refractivity contribution in [3.63, 3.8) is 0 Å². The number of fused-ring (bicyclic) bond motifs is 1. The van der Waals surface area contributed by atoms with Gasteiger partial charge in [-0.15, -0.1) is 0 Å². The first kappa shape index (κ1) is 13.6. The molecule has 1 fully saturated rings. The van der Waals surface area contributed by atoms with Crippen molar-refractivity contribution in [1.29, 1.82) is 0 Å². The molecule has 3 rings (SSSR count). The van der Waals surface area contributed by atoms with Crippen molar-refractivity contribution < 1.29 is 5.11 Å². The summed E-state index contributed by atoms with van der Waals surface area (Å²) in [5, 5.41) is 14.6. The third-order valence-corrected chi connectivity index (χ3v) is 5.19. The van der Waals surface area contributed by atoms with Crippen LogP contribution in [0.5, 0.6) is 0 Å². The molecule has 2 aliphatic rings. The van der Waals surface area contributed by atoms with Gasteiger partial charge in [-0.3, -0.25) is 0 Å². The molecule has 1 aliphatic heterocycles. The molecule has 0 aromatic heterocycles. The van der Waals surface area contributed by atoms with Gasteiger partial charge in [-0.1, -0.05) is 34.8 Å². The Morgan fingerprint density at radius 1 is 1.21 bits per heavy atom. The Morgan fingerprint density at radius 2 is 2.11 bits per heavy atom. The summed E-state index contributed by atoms with van der Waals surface area (Å²) in [6, 6.07) is 6.73. The van der Waals surface area contributed by atoms with E-state index in [9.17, 15) is 5.11 Å². The molecule has 104 valence electrons. The molecule has 3 heteroatoms. The van der Waals surface area contributed by atoms with Gasteiger partial charge < -0.3 is 10.4 Å². The van der Waals surface area contributed by atoms with Crippen molar-refractivity contribution in [2.24, 2.45) is 0 Å². The molecular weight excluding hydrogens is 302 g/mol. The van der Waals surface area contributed by atoms with Crippen LogP contribution < -0.4 is 5.32 Å². The van der Waals surface area contributed by atoms with Crippen molar-refractivity contribution in [3.8, 4) is 0 Å². The maximum atomic E-state index is 11.1. The Morgan fingerprint density at radius 3 is 3.00 bits per heavy atom. The van der Waals surface area contributed by atoms with E-state index >= 15 is 0 Å². The maximum Gasteiger partial charge on any atom is 0.0843 e. The number of rotatable bonds is 1. The van der Waals surface area contributed by atoms with Gasteiger partial charge in [0, 0.05) is 16.9 Å². The first-order valence-corrected chi connectivity index (χ1v) is 8.20. The van der Waals surface area contributed by atoms with Crippen LogP contribution in [0.25, 0.3) is 0 Å². The van der Waals surface area contributed by atoms with Crippen LogP contribution >= 0.6 is 15.9 Å². The number of halogens is 1. The van der Waals surface area contributed by atoms with E-state index in [1.54, 1.807) is 0 Å². The van der Waals surface area contributed by atoms with Gasteiger partial charge in [0.25, 0.3) is 0 Å². The van der Waals surface area contributed by atoms with Gasteiger partial charge in [-0.2, -0.15) is 0 Å². The number of aliphatic hydroxyl groups is 1. The molecule has 2 N–H and O–H groups in total. The number of hydrogen-bond acceptors (Lipinski definition) is 2. The summed E-state index contributed by atoms with van der Waals surface area (Å²) in [4.78, 5) is 0. The first-order chi connectivity index (χ1) is 9.17. The highest BCUT2D eigenvalue weighted by Crippen LogP contribution is 2.34. The SMILES string of the molecule is OC1(C2CCCCCN2)CCc2cc(Br)ccc2C1. The quantitative estimate of drug-likeness (QED) is 0.831. The van der Waals surface area contributed by atoms with Crippen LogP contribution in [0.1, 0.15) is 43.2 Å². The topological polar surface area (TPSA) is 32.3 Å². The van der Waals surface area contributed by atoms with E-state index in [1.807, 2.05) is 0 Å². The van der Waals surface area contributed by atoms with Gasteiger partial charge in [0.1, 0.15) is 0 Å². The maximum absolute atomic E-state index is 11.1. The molecule has 19 heavy (non-hydrogen) atoms. The van der Waals surface area contributed by atoms with Crippen molar-refractivity contribution in [3.05, 3.63) is 33.8 Å². The molecule has 0 radical (unpaired) electrons. The number of hydrogen-bond donors (Lipinski definition) is 2. The first-order valence-electron chi connectivity index (χ1n) is 7.40. The summed E-state index contributed by atoms with van der Waals surface area (Å²) in [5.41, 5.74) is 2.17. The molecule has 1 aromatic carbocycles. The average molecular weight is 324 g/mol. The largest absolute Gasteiger partial charge is 0.388 e. The fourth-order valence-corrected chi connectivity index (χ4v) is 3.96. The van der Waals surface area contributed by atoms with E-state index in [1.165, 1.54) is 30.4 Å². The highest BCUT2D eigenvalue weighted by Gasteiger charge is 2.39. The molecule has 1 heterocycles. The standard InChI is InChI=1S/C16H22BrNO/c17-14-6-5-13-11-16(19,8-7-12(13)10-14)15-4-2-1-3-9-18-15/h5-6,10,15,18-19H,1-4,7-9,11H2. The monoisotopic (exact) mass is 323 g/mol. The lowest BCUT2D eigenvalue weighted by Gasteiger charge is -2.40. The minimum absolute atomic E-state index is 0.270. The molecule has 1 aliphatic carbocycles. The van der Waals surface area contributed by atoms with E-state index in [2.05, 4.69) is 39.4 Å². The van der Waals surface area contributed by atoms with Gasteiger partial charge in [0.05, 0.1) is 5.60 Å². The highest BCUT2D eigenvalue weighted by molar-refractivity contribution is 9.10. The summed E-state index contributed by atoms with van der Waals surface area (Å²) in [5.74, 6) is 0. The molecular formula is C16H22BrNO. The molecule has 0 amide bonds. The fraction of sp³-hybridized carbons (Fsp3) is 0.625.